The fourth-order valence-corrected chi connectivity index (χ4v) is 6.39. The Morgan fingerprint density at radius 1 is 1.20 bits per heavy atom. The number of fused-ring (bicyclic) bond motifs is 4. The van der Waals surface area contributed by atoms with E-state index in [2.05, 4.69) is 66.5 Å². The highest BCUT2D eigenvalue weighted by Crippen LogP contribution is 2.53. The van der Waals surface area contributed by atoms with Crippen LogP contribution in [-0.2, 0) is 0 Å². The Hall–Kier alpha value is -0.850. The summed E-state index contributed by atoms with van der Waals surface area (Å²) in [4.78, 5) is 1.27. The van der Waals surface area contributed by atoms with Gasteiger partial charge in [0.25, 0.3) is 0 Å². The van der Waals surface area contributed by atoms with Gasteiger partial charge in [-0.3, -0.25) is 0 Å². The molecule has 3 nitrogen and oxygen atoms in total. The summed E-state index contributed by atoms with van der Waals surface area (Å²) in [7, 11) is 0. The number of hydrogen-bond donors (Lipinski definition) is 0. The summed E-state index contributed by atoms with van der Waals surface area (Å²) in [5.41, 5.74) is 2.14. The van der Waals surface area contributed by atoms with Crippen LogP contribution in [-0.4, -0.2) is 16.4 Å². The van der Waals surface area contributed by atoms with Crippen LogP contribution >= 0.6 is 43.2 Å². The molecule has 3 heterocycles. The van der Waals surface area contributed by atoms with Crippen LogP contribution in [0.1, 0.15) is 55.0 Å². The Labute approximate surface area is 168 Å². The zero-order chi connectivity index (χ0) is 17.0. The van der Waals surface area contributed by atoms with Gasteiger partial charge in [-0.1, -0.05) is 28.4 Å². The molecule has 0 unspecified atom stereocenters. The van der Waals surface area contributed by atoms with Crippen LogP contribution in [0.25, 0.3) is 0 Å². The maximum Gasteiger partial charge on any atom is 0.198 e. The van der Waals surface area contributed by atoms with E-state index in [0.717, 1.165) is 34.0 Å². The molecule has 3 aliphatic rings. The molecule has 2 aliphatic heterocycles. The average Bonchev–Trinajstić information content (AvgIpc) is 3.26. The maximum atomic E-state index is 6.68. The smallest absolute Gasteiger partial charge is 0.198 e. The summed E-state index contributed by atoms with van der Waals surface area (Å²) in [5.74, 6) is 1.01. The number of hydrogen-bond acceptors (Lipinski definition) is 4. The summed E-state index contributed by atoms with van der Waals surface area (Å²) in [6.07, 6.45) is 6.74. The monoisotopic (exact) mass is 480 g/mol. The summed E-state index contributed by atoms with van der Waals surface area (Å²) in [6.45, 7) is 0. The molecule has 1 spiro atoms. The quantitative estimate of drug-likeness (QED) is 0.465. The second-order valence-electron chi connectivity index (χ2n) is 7.00. The van der Waals surface area contributed by atoms with Gasteiger partial charge in [-0.05, 0) is 52.4 Å². The van der Waals surface area contributed by atoms with Crippen molar-refractivity contribution in [1.29, 1.82) is 0 Å². The van der Waals surface area contributed by atoms with Gasteiger partial charge in [-0.15, -0.1) is 11.3 Å². The fraction of sp³-hybridized carbons (Fsp3) is 0.421. The lowest BCUT2D eigenvalue weighted by Gasteiger charge is -2.49. The van der Waals surface area contributed by atoms with Crippen LogP contribution in [0.15, 0.2) is 43.7 Å². The molecule has 0 bridgehead atoms. The highest BCUT2D eigenvalue weighted by Gasteiger charge is 2.51. The van der Waals surface area contributed by atoms with Crippen molar-refractivity contribution >= 4 is 48.9 Å². The summed E-state index contributed by atoms with van der Waals surface area (Å²) in [6, 6.07) is 8.82. The normalized spacial score (nSPS) is 23.8. The molecule has 0 N–H and O–H groups in total. The topological polar surface area (TPSA) is 24.8 Å². The van der Waals surface area contributed by atoms with Crippen molar-refractivity contribution in [2.45, 2.75) is 50.3 Å². The third-order valence-corrected chi connectivity index (χ3v) is 7.42. The van der Waals surface area contributed by atoms with Gasteiger partial charge in [0.1, 0.15) is 5.75 Å². The molecule has 0 saturated heterocycles. The standard InChI is InChI=1S/C19H18Br2N2OS/c20-12-9-13-16-11-15(17-5-4-8-25-17)22-23(16)19(6-2-1-3-7-19)24-18(13)14(21)10-12/h4-5,8-10,16H,1-3,6-7,11H2/t16-/m1/s1. The van der Waals surface area contributed by atoms with Crippen LogP contribution in [0.5, 0.6) is 5.75 Å². The van der Waals surface area contributed by atoms with Crippen LogP contribution in [0.4, 0.5) is 0 Å². The van der Waals surface area contributed by atoms with Crippen LogP contribution < -0.4 is 4.74 Å². The Morgan fingerprint density at radius 2 is 2.04 bits per heavy atom. The van der Waals surface area contributed by atoms with Crippen molar-refractivity contribution in [3.8, 4) is 5.75 Å². The van der Waals surface area contributed by atoms with Crippen molar-refractivity contribution < 1.29 is 4.74 Å². The molecule has 1 aromatic heterocycles. The van der Waals surface area contributed by atoms with E-state index in [0.29, 0.717) is 0 Å². The van der Waals surface area contributed by atoms with E-state index in [1.807, 2.05) is 0 Å². The first-order valence-electron chi connectivity index (χ1n) is 8.75. The molecule has 1 fully saturated rings. The Bertz CT molecular complexity index is 843. The van der Waals surface area contributed by atoms with Crippen molar-refractivity contribution in [2.24, 2.45) is 5.10 Å². The molecule has 25 heavy (non-hydrogen) atoms. The molecule has 5 rings (SSSR count). The minimum Gasteiger partial charge on any atom is -0.465 e. The third-order valence-electron chi connectivity index (χ3n) is 5.46. The third kappa shape index (κ3) is 2.60. The summed E-state index contributed by atoms with van der Waals surface area (Å²) >= 11 is 9.14. The minimum absolute atomic E-state index is 0.257. The van der Waals surface area contributed by atoms with E-state index in [9.17, 15) is 0 Å². The number of benzene rings is 1. The summed E-state index contributed by atoms with van der Waals surface area (Å²) < 4.78 is 8.79. The fourth-order valence-electron chi connectivity index (χ4n) is 4.33. The van der Waals surface area contributed by atoms with Crippen molar-refractivity contribution in [1.82, 2.24) is 5.01 Å². The van der Waals surface area contributed by atoms with Gasteiger partial charge in [0, 0.05) is 29.3 Å². The van der Waals surface area contributed by atoms with E-state index in [-0.39, 0.29) is 11.8 Å². The van der Waals surface area contributed by atoms with Crippen molar-refractivity contribution in [3.05, 3.63) is 49.0 Å². The first-order valence-corrected chi connectivity index (χ1v) is 11.2. The first kappa shape index (κ1) is 16.3. The molecule has 130 valence electrons. The molecular formula is C19H18Br2N2OS. The van der Waals surface area contributed by atoms with Crippen LogP contribution in [0.2, 0.25) is 0 Å². The van der Waals surface area contributed by atoms with Gasteiger partial charge in [-0.2, -0.15) is 5.10 Å². The number of hydrazone groups is 1. The zero-order valence-corrected chi connectivity index (χ0v) is 17.7. The van der Waals surface area contributed by atoms with E-state index in [1.165, 1.54) is 35.4 Å². The van der Waals surface area contributed by atoms with E-state index in [4.69, 9.17) is 9.84 Å². The van der Waals surface area contributed by atoms with E-state index in [1.54, 1.807) is 11.3 Å². The molecule has 1 atom stereocenters. The lowest BCUT2D eigenvalue weighted by atomic mass is 9.87. The minimum atomic E-state index is -0.286. The van der Waals surface area contributed by atoms with Gasteiger partial charge >= 0.3 is 0 Å². The molecule has 1 aliphatic carbocycles. The Balaban J connectivity index is 1.65. The van der Waals surface area contributed by atoms with Crippen LogP contribution in [0, 0.1) is 0 Å². The van der Waals surface area contributed by atoms with E-state index < -0.39 is 0 Å². The Kier molecular flexibility index (Phi) is 3.99. The zero-order valence-electron chi connectivity index (χ0n) is 13.7. The lowest BCUT2D eigenvalue weighted by molar-refractivity contribution is -0.140. The molecule has 1 saturated carbocycles. The van der Waals surface area contributed by atoms with Crippen molar-refractivity contribution in [3.63, 3.8) is 0 Å². The molecular weight excluding hydrogens is 464 g/mol. The number of thiophene rings is 1. The van der Waals surface area contributed by atoms with Crippen LogP contribution in [0.3, 0.4) is 0 Å². The largest absolute Gasteiger partial charge is 0.465 e. The molecule has 2 aromatic rings. The van der Waals surface area contributed by atoms with Gasteiger partial charge in [-0.25, -0.2) is 5.01 Å². The summed E-state index contributed by atoms with van der Waals surface area (Å²) in [5, 5.41) is 9.51. The second-order valence-corrected chi connectivity index (χ2v) is 9.72. The van der Waals surface area contributed by atoms with Gasteiger partial charge in [0.2, 0.25) is 0 Å². The van der Waals surface area contributed by atoms with Gasteiger partial charge in [0.15, 0.2) is 5.72 Å². The number of halogens is 2. The lowest BCUT2D eigenvalue weighted by Crippen LogP contribution is -2.54. The highest BCUT2D eigenvalue weighted by atomic mass is 79.9. The number of nitrogens with zero attached hydrogens (tertiary/aromatic N) is 2. The first-order chi connectivity index (χ1) is 12.2. The van der Waals surface area contributed by atoms with Crippen molar-refractivity contribution in [2.75, 3.05) is 0 Å². The SMILES string of the molecule is Brc1cc(Br)c2c(c1)[C@H]1CC(c3cccs3)=NN1C1(CCCCC1)O2. The molecule has 0 radical (unpaired) electrons. The predicted molar refractivity (Wildman–Crippen MR) is 108 cm³/mol. The van der Waals surface area contributed by atoms with Gasteiger partial charge in [0.05, 0.1) is 21.1 Å². The maximum absolute atomic E-state index is 6.68. The number of rotatable bonds is 1. The molecule has 6 heteroatoms. The highest BCUT2D eigenvalue weighted by molar-refractivity contribution is 9.11. The average molecular weight is 482 g/mol. The van der Waals surface area contributed by atoms with E-state index >= 15 is 0 Å². The Morgan fingerprint density at radius 3 is 2.80 bits per heavy atom. The molecule has 0 amide bonds. The predicted octanol–water partition coefficient (Wildman–Crippen LogP) is 6.48. The second kappa shape index (κ2) is 6.10. The molecule has 1 aromatic carbocycles. The van der Waals surface area contributed by atoms with Gasteiger partial charge < -0.3 is 4.74 Å². The number of ether oxygens (including phenoxy) is 1.